The Balaban J connectivity index is 0.000000323. The largest absolute Gasteiger partial charge is 0.399 e. The van der Waals surface area contributed by atoms with E-state index < -0.39 is 0 Å². The normalized spacial score (nSPS) is 16.5. The van der Waals surface area contributed by atoms with E-state index in [4.69, 9.17) is 10.5 Å². The Labute approximate surface area is 257 Å². The molecule has 5 rings (SSSR count). The topological polar surface area (TPSA) is 50.8 Å². The quantitative estimate of drug-likeness (QED) is 0.222. The van der Waals surface area contributed by atoms with E-state index in [-0.39, 0.29) is 17.9 Å². The van der Waals surface area contributed by atoms with Crippen LogP contribution in [-0.2, 0) is 11.2 Å². The van der Waals surface area contributed by atoms with Gasteiger partial charge in [0.2, 0.25) is 0 Å². The highest BCUT2D eigenvalue weighted by atomic mass is 19.1. The van der Waals surface area contributed by atoms with Crippen LogP contribution in [0.25, 0.3) is 0 Å². The molecule has 0 aromatic heterocycles. The average Bonchev–Trinajstić information content (AvgIpc) is 3.77. The number of benzene rings is 3. The molecule has 4 nitrogen and oxygen atoms in total. The molecule has 0 amide bonds. The van der Waals surface area contributed by atoms with E-state index in [1.165, 1.54) is 41.5 Å². The lowest BCUT2D eigenvalue weighted by molar-refractivity contribution is 0.0706. The molecular weight excluding hydrogens is 540 g/mol. The molecule has 1 unspecified atom stereocenters. The van der Waals surface area contributed by atoms with Gasteiger partial charge in [-0.05, 0) is 98.2 Å². The maximum absolute atomic E-state index is 13.4. The van der Waals surface area contributed by atoms with Gasteiger partial charge >= 0.3 is 0 Å². The number of aliphatic imine (C=N–C) groups is 1. The summed E-state index contributed by atoms with van der Waals surface area (Å²) >= 11 is 0. The molecule has 2 fully saturated rings. The summed E-state index contributed by atoms with van der Waals surface area (Å²) in [5.74, 6) is 0.502. The van der Waals surface area contributed by atoms with Gasteiger partial charge in [-0.2, -0.15) is 0 Å². The third-order valence-electron chi connectivity index (χ3n) is 7.62. The van der Waals surface area contributed by atoms with E-state index in [1.54, 1.807) is 38.2 Å². The van der Waals surface area contributed by atoms with Crippen LogP contribution in [0.4, 0.5) is 14.5 Å². The third kappa shape index (κ3) is 10.2. The van der Waals surface area contributed by atoms with Crippen LogP contribution in [0, 0.1) is 24.5 Å². The first-order chi connectivity index (χ1) is 20.7. The second-order valence-corrected chi connectivity index (χ2v) is 11.3. The number of nitrogen functional groups attached to an aromatic ring is 1. The molecule has 1 heterocycles. The number of anilines is 1. The first-order valence-electron chi connectivity index (χ1n) is 15.2. The highest BCUT2D eigenvalue weighted by molar-refractivity contribution is 6.13. The van der Waals surface area contributed by atoms with Crippen LogP contribution in [0.15, 0.2) is 101 Å². The van der Waals surface area contributed by atoms with Crippen molar-refractivity contribution < 1.29 is 13.5 Å². The molecule has 1 saturated carbocycles. The molecule has 0 radical (unpaired) electrons. The van der Waals surface area contributed by atoms with Crippen molar-refractivity contribution in [2.75, 3.05) is 25.9 Å². The fourth-order valence-corrected chi connectivity index (χ4v) is 4.55. The van der Waals surface area contributed by atoms with Crippen molar-refractivity contribution in [2.24, 2.45) is 10.9 Å². The fraction of sp³-hybridized carbons (Fsp3) is 0.378. The Kier molecular flexibility index (Phi) is 13.1. The van der Waals surface area contributed by atoms with Crippen LogP contribution < -0.4 is 5.73 Å². The lowest BCUT2D eigenvalue weighted by atomic mass is 9.99. The van der Waals surface area contributed by atoms with Crippen LogP contribution in [0.2, 0.25) is 0 Å². The number of nitrogens with two attached hydrogens (primary N) is 1. The molecule has 3 aromatic carbocycles. The lowest BCUT2D eigenvalue weighted by Gasteiger charge is -2.29. The summed E-state index contributed by atoms with van der Waals surface area (Å²) in [6, 6.07) is 21.2. The Morgan fingerprint density at radius 3 is 2.14 bits per heavy atom. The fourth-order valence-electron chi connectivity index (χ4n) is 4.55. The zero-order valence-corrected chi connectivity index (χ0v) is 26.5. The second-order valence-electron chi connectivity index (χ2n) is 11.3. The van der Waals surface area contributed by atoms with Crippen molar-refractivity contribution in [3.05, 3.63) is 124 Å². The summed E-state index contributed by atoms with van der Waals surface area (Å²) in [4.78, 5) is 6.92. The molecule has 2 aliphatic rings. The number of halogens is 2. The van der Waals surface area contributed by atoms with E-state index in [9.17, 15) is 8.78 Å². The lowest BCUT2D eigenvalue weighted by Crippen LogP contribution is -2.35. The number of nitrogens with zero attached hydrogens (tertiary/aromatic N) is 2. The van der Waals surface area contributed by atoms with Gasteiger partial charge in [-0.15, -0.1) is 0 Å². The van der Waals surface area contributed by atoms with Gasteiger partial charge in [0.1, 0.15) is 11.6 Å². The number of hydrogen-bond donors (Lipinski definition) is 1. The van der Waals surface area contributed by atoms with Crippen molar-refractivity contribution in [1.82, 2.24) is 4.90 Å². The molecule has 1 atom stereocenters. The highest BCUT2D eigenvalue weighted by Crippen LogP contribution is 2.39. The molecule has 0 bridgehead atoms. The molecule has 6 heteroatoms. The molecule has 1 saturated heterocycles. The van der Waals surface area contributed by atoms with Crippen LogP contribution in [0.5, 0.6) is 0 Å². The molecule has 43 heavy (non-hydrogen) atoms. The van der Waals surface area contributed by atoms with E-state index in [0.29, 0.717) is 12.2 Å². The van der Waals surface area contributed by atoms with Crippen molar-refractivity contribution in [1.29, 1.82) is 0 Å². The van der Waals surface area contributed by atoms with Crippen LogP contribution >= 0.6 is 0 Å². The Morgan fingerprint density at radius 2 is 1.65 bits per heavy atom. The average molecular weight is 588 g/mol. The van der Waals surface area contributed by atoms with Gasteiger partial charge < -0.3 is 15.4 Å². The summed E-state index contributed by atoms with van der Waals surface area (Å²) in [6.45, 7) is 11.9. The van der Waals surface area contributed by atoms with Crippen molar-refractivity contribution in [2.45, 2.75) is 66.5 Å². The van der Waals surface area contributed by atoms with Crippen molar-refractivity contribution >= 4 is 11.4 Å². The maximum atomic E-state index is 13.4. The summed E-state index contributed by atoms with van der Waals surface area (Å²) in [5, 5.41) is 0. The predicted octanol–water partition coefficient (Wildman–Crippen LogP) is 8.91. The van der Waals surface area contributed by atoms with E-state index in [1.807, 2.05) is 25.1 Å². The maximum Gasteiger partial charge on any atom is 0.158 e. The smallest absolute Gasteiger partial charge is 0.158 e. The number of hydrogen-bond acceptors (Lipinski definition) is 4. The zero-order chi connectivity index (χ0) is 31.4. The SMILES string of the molecule is C/C=C(\C(=NC)c1ccc(F)cc1)C1OCC(=C2CC2)N1CCc1ccc(N)cc1.CCC(C)C.Cc1ccccc1F. The highest BCUT2D eigenvalue weighted by Gasteiger charge is 2.36. The molecule has 2 N–H and O–H groups in total. The molecule has 230 valence electrons. The van der Waals surface area contributed by atoms with Crippen LogP contribution in [0.3, 0.4) is 0 Å². The number of allylic oxidation sites excluding steroid dienone is 2. The van der Waals surface area contributed by atoms with Crippen molar-refractivity contribution in [3.8, 4) is 0 Å². The van der Waals surface area contributed by atoms with E-state index in [0.717, 1.165) is 54.3 Å². The van der Waals surface area contributed by atoms with Gasteiger partial charge in [-0.1, -0.05) is 63.6 Å². The second kappa shape index (κ2) is 16.8. The van der Waals surface area contributed by atoms with Crippen LogP contribution in [0.1, 0.15) is 63.6 Å². The van der Waals surface area contributed by atoms with Gasteiger partial charge in [-0.25, -0.2) is 8.78 Å². The minimum atomic E-state index is -0.251. The summed E-state index contributed by atoms with van der Waals surface area (Å²) in [5.41, 5.74) is 14.1. The van der Waals surface area contributed by atoms with Gasteiger partial charge in [0.15, 0.2) is 6.23 Å². The summed E-state index contributed by atoms with van der Waals surface area (Å²) in [7, 11) is 1.77. The number of rotatable bonds is 7. The zero-order valence-electron chi connectivity index (χ0n) is 26.5. The third-order valence-corrected chi connectivity index (χ3v) is 7.62. The van der Waals surface area contributed by atoms with Crippen molar-refractivity contribution in [3.63, 3.8) is 0 Å². The first-order valence-corrected chi connectivity index (χ1v) is 15.2. The summed E-state index contributed by atoms with van der Waals surface area (Å²) < 4.78 is 32.0. The monoisotopic (exact) mass is 587 g/mol. The van der Waals surface area contributed by atoms with Gasteiger partial charge in [0.05, 0.1) is 12.3 Å². The predicted molar refractivity (Wildman–Crippen MR) is 176 cm³/mol. The van der Waals surface area contributed by atoms with E-state index in [2.05, 4.69) is 48.9 Å². The van der Waals surface area contributed by atoms with Crippen LogP contribution in [-0.4, -0.2) is 37.0 Å². The van der Waals surface area contributed by atoms with Gasteiger partial charge in [0, 0.05) is 36.1 Å². The summed E-state index contributed by atoms with van der Waals surface area (Å²) in [6.07, 6.45) is 6.38. The van der Waals surface area contributed by atoms with Gasteiger partial charge in [0.25, 0.3) is 0 Å². The first kappa shape index (κ1) is 33.7. The minimum Gasteiger partial charge on any atom is -0.399 e. The Hall–Kier alpha value is -3.77. The number of ether oxygens (including phenoxy) is 1. The Bertz CT molecular complexity index is 1370. The molecule has 0 spiro atoms. The minimum absolute atomic E-state index is 0.132. The molecule has 1 aliphatic heterocycles. The van der Waals surface area contributed by atoms with Gasteiger partial charge in [-0.3, -0.25) is 4.99 Å². The molecule has 1 aliphatic carbocycles. The molecular formula is C37H47F2N3O. The standard InChI is InChI=1S/C25H28FN3O.C7H7F.C5H12/c1-3-22(24(28-2)19-8-10-20(26)11-9-19)25-29(23(16-30-25)18-6-7-18)15-14-17-4-12-21(27)13-5-17;1-6-4-2-3-5-7(6)8;1-4-5(2)3/h3-5,8-13,25H,6-7,14-16,27H2,1-2H3;2-5H,1H3;5H,4H2,1-3H3/b22-3+,28-24?;;. The van der Waals surface area contributed by atoms with E-state index >= 15 is 0 Å². The Morgan fingerprint density at radius 1 is 1.02 bits per heavy atom. The molecule has 3 aromatic rings. The number of aryl methyl sites for hydroxylation is 1.